The van der Waals surface area contributed by atoms with E-state index in [0.29, 0.717) is 12.1 Å². The van der Waals surface area contributed by atoms with E-state index in [1.165, 1.54) is 28.6 Å². The van der Waals surface area contributed by atoms with Crippen LogP contribution in [0.5, 0.6) is 0 Å². The lowest BCUT2D eigenvalue weighted by atomic mass is 9.91. The number of hydrogen-bond acceptors (Lipinski definition) is 2. The van der Waals surface area contributed by atoms with Crippen molar-refractivity contribution in [2.24, 2.45) is 5.73 Å². The molecule has 1 fully saturated rings. The van der Waals surface area contributed by atoms with E-state index in [9.17, 15) is 0 Å². The van der Waals surface area contributed by atoms with Crippen LogP contribution in [0.2, 0.25) is 0 Å². The third-order valence-electron chi connectivity index (χ3n) is 3.30. The van der Waals surface area contributed by atoms with Gasteiger partial charge in [0.25, 0.3) is 0 Å². The Hall–Kier alpha value is -0.540. The maximum Gasteiger partial charge on any atom is 0.0345 e. The molecule has 3 heteroatoms. The molecule has 0 bridgehead atoms. The molecule has 1 saturated carbocycles. The van der Waals surface area contributed by atoms with Crippen molar-refractivity contribution in [3.63, 3.8) is 0 Å². The van der Waals surface area contributed by atoms with Crippen molar-refractivity contribution in [1.29, 1.82) is 0 Å². The van der Waals surface area contributed by atoms with Gasteiger partial charge in [0.05, 0.1) is 0 Å². The van der Waals surface area contributed by atoms with Gasteiger partial charge in [0, 0.05) is 22.2 Å². The Balaban J connectivity index is 1.96. The van der Waals surface area contributed by atoms with Crippen LogP contribution in [0.1, 0.15) is 31.2 Å². The lowest BCUT2D eigenvalue weighted by Crippen LogP contribution is -2.32. The van der Waals surface area contributed by atoms with Gasteiger partial charge in [-0.1, -0.05) is 15.9 Å². The van der Waals surface area contributed by atoms with Crippen LogP contribution in [0, 0.1) is 6.92 Å². The van der Waals surface area contributed by atoms with Crippen LogP contribution in [0.3, 0.4) is 0 Å². The summed E-state index contributed by atoms with van der Waals surface area (Å²) in [5.74, 6) is 0. The largest absolute Gasteiger partial charge is 0.382 e. The fourth-order valence-corrected chi connectivity index (χ4v) is 2.48. The molecular weight excluding hydrogens is 264 g/mol. The quantitative estimate of drug-likeness (QED) is 0.872. The molecule has 0 amide bonds. The zero-order valence-corrected chi connectivity index (χ0v) is 11.3. The van der Waals surface area contributed by atoms with Gasteiger partial charge in [-0.15, -0.1) is 0 Å². The number of anilines is 1. The first-order valence-corrected chi connectivity index (χ1v) is 6.73. The lowest BCUT2D eigenvalue weighted by molar-refractivity contribution is 0.411. The number of rotatable bonds is 2. The molecule has 88 valence electrons. The van der Waals surface area contributed by atoms with E-state index in [4.69, 9.17) is 5.73 Å². The highest BCUT2D eigenvalue weighted by Crippen LogP contribution is 2.24. The second kappa shape index (κ2) is 5.19. The first-order chi connectivity index (χ1) is 7.65. The van der Waals surface area contributed by atoms with Crippen LogP contribution in [-0.4, -0.2) is 12.1 Å². The minimum atomic E-state index is 0.421. The maximum absolute atomic E-state index is 5.90. The van der Waals surface area contributed by atoms with E-state index in [0.717, 1.165) is 12.8 Å². The second-order valence-corrected chi connectivity index (χ2v) is 5.57. The smallest absolute Gasteiger partial charge is 0.0345 e. The number of nitrogens with two attached hydrogens (primary N) is 1. The number of aryl methyl sites for hydroxylation is 1. The average molecular weight is 283 g/mol. The number of benzene rings is 1. The summed E-state index contributed by atoms with van der Waals surface area (Å²) in [4.78, 5) is 0. The molecule has 3 N–H and O–H groups in total. The van der Waals surface area contributed by atoms with Gasteiger partial charge in [-0.2, -0.15) is 0 Å². The van der Waals surface area contributed by atoms with Gasteiger partial charge in [-0.25, -0.2) is 0 Å². The van der Waals surface area contributed by atoms with E-state index in [2.05, 4.69) is 46.4 Å². The Labute approximate surface area is 106 Å². The molecule has 2 nitrogen and oxygen atoms in total. The summed E-state index contributed by atoms with van der Waals surface area (Å²) in [6.45, 7) is 2.12. The predicted molar refractivity (Wildman–Crippen MR) is 72.7 cm³/mol. The van der Waals surface area contributed by atoms with Crippen molar-refractivity contribution < 1.29 is 0 Å². The molecule has 0 saturated heterocycles. The molecule has 0 unspecified atom stereocenters. The Bertz CT molecular complexity index is 357. The van der Waals surface area contributed by atoms with Crippen molar-refractivity contribution in [2.75, 3.05) is 5.32 Å². The Kier molecular flexibility index (Phi) is 3.87. The van der Waals surface area contributed by atoms with Gasteiger partial charge in [-0.3, -0.25) is 0 Å². The standard InChI is InChI=1S/C13H19BrN2/c1-9-8-12(6-7-13(9)14)16-11-4-2-10(15)3-5-11/h6-8,10-11,16H,2-5,15H2,1H3. The van der Waals surface area contributed by atoms with Crippen molar-refractivity contribution in [3.8, 4) is 0 Å². The number of halogens is 1. The molecule has 0 atom stereocenters. The average Bonchev–Trinajstić information content (AvgIpc) is 2.27. The zero-order chi connectivity index (χ0) is 11.5. The molecule has 1 aliphatic rings. The topological polar surface area (TPSA) is 38.0 Å². The van der Waals surface area contributed by atoms with Gasteiger partial charge in [0.2, 0.25) is 0 Å². The van der Waals surface area contributed by atoms with Gasteiger partial charge >= 0.3 is 0 Å². The Morgan fingerprint density at radius 3 is 2.56 bits per heavy atom. The van der Waals surface area contributed by atoms with Gasteiger partial charge in [0.1, 0.15) is 0 Å². The van der Waals surface area contributed by atoms with Crippen LogP contribution in [-0.2, 0) is 0 Å². The normalized spacial score (nSPS) is 25.4. The number of nitrogens with one attached hydrogen (secondary N) is 1. The van der Waals surface area contributed by atoms with Gasteiger partial charge in [0.15, 0.2) is 0 Å². The third kappa shape index (κ3) is 2.98. The van der Waals surface area contributed by atoms with E-state index in [1.807, 2.05) is 0 Å². The molecule has 0 spiro atoms. The number of hydrogen-bond donors (Lipinski definition) is 2. The van der Waals surface area contributed by atoms with Crippen LogP contribution in [0.4, 0.5) is 5.69 Å². The summed E-state index contributed by atoms with van der Waals surface area (Å²) in [6, 6.07) is 7.45. The molecular formula is C13H19BrN2. The molecule has 2 rings (SSSR count). The Morgan fingerprint density at radius 2 is 1.94 bits per heavy atom. The van der Waals surface area contributed by atoms with Crippen molar-refractivity contribution in [3.05, 3.63) is 28.2 Å². The second-order valence-electron chi connectivity index (χ2n) is 4.72. The van der Waals surface area contributed by atoms with E-state index < -0.39 is 0 Å². The van der Waals surface area contributed by atoms with Crippen LogP contribution in [0.25, 0.3) is 0 Å². The SMILES string of the molecule is Cc1cc(NC2CCC(N)CC2)ccc1Br. The minimum Gasteiger partial charge on any atom is -0.382 e. The zero-order valence-electron chi connectivity index (χ0n) is 9.67. The van der Waals surface area contributed by atoms with Crippen LogP contribution < -0.4 is 11.1 Å². The minimum absolute atomic E-state index is 0.421. The molecule has 0 heterocycles. The summed E-state index contributed by atoms with van der Waals surface area (Å²) in [7, 11) is 0. The summed E-state index contributed by atoms with van der Waals surface area (Å²) in [6.07, 6.45) is 4.67. The third-order valence-corrected chi connectivity index (χ3v) is 4.19. The molecule has 16 heavy (non-hydrogen) atoms. The predicted octanol–water partition coefficient (Wildman–Crippen LogP) is 3.44. The van der Waals surface area contributed by atoms with Crippen molar-refractivity contribution in [1.82, 2.24) is 0 Å². The molecule has 1 aliphatic carbocycles. The summed E-state index contributed by atoms with van der Waals surface area (Å²) in [5.41, 5.74) is 8.40. The summed E-state index contributed by atoms with van der Waals surface area (Å²) in [5, 5.41) is 3.59. The maximum atomic E-state index is 5.90. The molecule has 0 aliphatic heterocycles. The van der Waals surface area contributed by atoms with E-state index in [1.54, 1.807) is 0 Å². The monoisotopic (exact) mass is 282 g/mol. The fraction of sp³-hybridized carbons (Fsp3) is 0.538. The highest BCUT2D eigenvalue weighted by atomic mass is 79.9. The lowest BCUT2D eigenvalue weighted by Gasteiger charge is -2.27. The first-order valence-electron chi connectivity index (χ1n) is 5.93. The highest BCUT2D eigenvalue weighted by molar-refractivity contribution is 9.10. The summed E-state index contributed by atoms with van der Waals surface area (Å²) < 4.78 is 1.17. The molecule has 0 aromatic heterocycles. The summed E-state index contributed by atoms with van der Waals surface area (Å²) >= 11 is 3.52. The first kappa shape index (κ1) is 11.9. The van der Waals surface area contributed by atoms with Gasteiger partial charge < -0.3 is 11.1 Å². The van der Waals surface area contributed by atoms with Gasteiger partial charge in [-0.05, 0) is 56.4 Å². The molecule has 1 aromatic carbocycles. The Morgan fingerprint density at radius 1 is 1.25 bits per heavy atom. The van der Waals surface area contributed by atoms with E-state index in [-0.39, 0.29) is 0 Å². The van der Waals surface area contributed by atoms with Crippen LogP contribution >= 0.6 is 15.9 Å². The van der Waals surface area contributed by atoms with Crippen LogP contribution in [0.15, 0.2) is 22.7 Å². The van der Waals surface area contributed by atoms with Crippen molar-refractivity contribution in [2.45, 2.75) is 44.7 Å². The molecule has 1 aromatic rings. The fourth-order valence-electron chi connectivity index (χ4n) is 2.23. The van der Waals surface area contributed by atoms with E-state index >= 15 is 0 Å². The van der Waals surface area contributed by atoms with Crippen molar-refractivity contribution >= 4 is 21.6 Å². The molecule has 0 radical (unpaired) electrons. The highest BCUT2D eigenvalue weighted by Gasteiger charge is 2.18.